The van der Waals surface area contributed by atoms with Gasteiger partial charge in [-0.05, 0) is 40.5 Å². The molecular weight excluding hydrogens is 300 g/mol. The number of ether oxygens (including phenoxy) is 3. The second kappa shape index (κ2) is 6.72. The van der Waals surface area contributed by atoms with E-state index in [1.807, 2.05) is 13.8 Å². The van der Waals surface area contributed by atoms with Gasteiger partial charge in [0.15, 0.2) is 0 Å². The minimum Gasteiger partial charge on any atom is -0.460 e. The number of cyclic esters (lactones) is 1. The molecule has 1 rings (SSSR count). The van der Waals surface area contributed by atoms with Gasteiger partial charge in [-0.15, -0.1) is 0 Å². The molecule has 0 radical (unpaired) electrons. The first-order valence-corrected chi connectivity index (χ1v) is 7.79. The van der Waals surface area contributed by atoms with Crippen molar-refractivity contribution in [2.24, 2.45) is 5.92 Å². The summed E-state index contributed by atoms with van der Waals surface area (Å²) in [5, 5.41) is 0. The Morgan fingerprint density at radius 2 is 1.78 bits per heavy atom. The van der Waals surface area contributed by atoms with Crippen molar-refractivity contribution >= 4 is 17.9 Å². The van der Waals surface area contributed by atoms with Crippen molar-refractivity contribution < 1.29 is 28.6 Å². The molecule has 2 unspecified atom stereocenters. The molecule has 0 aromatic carbocycles. The van der Waals surface area contributed by atoms with Gasteiger partial charge in [0.1, 0.15) is 17.1 Å². The lowest BCUT2D eigenvalue weighted by Gasteiger charge is -2.32. The first-order chi connectivity index (χ1) is 10.5. The van der Waals surface area contributed by atoms with Gasteiger partial charge in [0.05, 0.1) is 0 Å². The zero-order chi connectivity index (χ0) is 18.0. The smallest absolute Gasteiger partial charge is 0.349 e. The molecular formula is C17H26O6. The Kier molecular flexibility index (Phi) is 5.61. The van der Waals surface area contributed by atoms with Crippen LogP contribution in [-0.2, 0) is 28.6 Å². The second-order valence-electron chi connectivity index (χ2n) is 6.81. The molecule has 0 bridgehead atoms. The fourth-order valence-electron chi connectivity index (χ4n) is 2.60. The van der Waals surface area contributed by atoms with Gasteiger partial charge in [0.2, 0.25) is 6.10 Å². The molecule has 0 amide bonds. The summed E-state index contributed by atoms with van der Waals surface area (Å²) in [7, 11) is 0. The normalized spacial score (nSPS) is 23.1. The first-order valence-electron chi connectivity index (χ1n) is 7.79. The third kappa shape index (κ3) is 4.12. The second-order valence-corrected chi connectivity index (χ2v) is 6.81. The first kappa shape index (κ1) is 19.2. The molecule has 23 heavy (non-hydrogen) atoms. The van der Waals surface area contributed by atoms with Gasteiger partial charge in [0.25, 0.3) is 0 Å². The quantitative estimate of drug-likeness (QED) is 0.439. The predicted molar refractivity (Wildman–Crippen MR) is 83.4 cm³/mol. The van der Waals surface area contributed by atoms with E-state index in [0.717, 1.165) is 0 Å². The summed E-state index contributed by atoms with van der Waals surface area (Å²) in [5.41, 5.74) is -1.61. The maximum Gasteiger partial charge on any atom is 0.349 e. The van der Waals surface area contributed by atoms with Crippen molar-refractivity contribution in [3.05, 3.63) is 12.2 Å². The molecule has 0 aromatic rings. The molecule has 1 saturated heterocycles. The summed E-state index contributed by atoms with van der Waals surface area (Å²) in [6.07, 6.45) is -0.477. The molecule has 0 spiro atoms. The van der Waals surface area contributed by atoms with Crippen LogP contribution in [0.15, 0.2) is 12.2 Å². The average Bonchev–Trinajstić information content (AvgIpc) is 2.70. The molecule has 1 aliphatic rings. The molecule has 6 heteroatoms. The van der Waals surface area contributed by atoms with Crippen LogP contribution >= 0.6 is 0 Å². The van der Waals surface area contributed by atoms with Crippen LogP contribution in [0.25, 0.3) is 0 Å². The molecule has 130 valence electrons. The lowest BCUT2D eigenvalue weighted by Crippen LogP contribution is -2.46. The lowest BCUT2D eigenvalue weighted by molar-refractivity contribution is -0.171. The van der Waals surface area contributed by atoms with Crippen molar-refractivity contribution in [2.45, 2.75) is 71.7 Å². The van der Waals surface area contributed by atoms with E-state index in [1.165, 1.54) is 6.92 Å². The number of carbonyl (C=O) groups is 3. The highest BCUT2D eigenvalue weighted by Gasteiger charge is 2.60. The predicted octanol–water partition coefficient (Wildman–Crippen LogP) is 2.55. The van der Waals surface area contributed by atoms with E-state index >= 15 is 0 Å². The van der Waals surface area contributed by atoms with Gasteiger partial charge >= 0.3 is 17.9 Å². The highest BCUT2D eigenvalue weighted by molar-refractivity contribution is 5.93. The number of rotatable bonds is 5. The minimum absolute atomic E-state index is 0.145. The number of hydrogen-bond acceptors (Lipinski definition) is 6. The Balaban J connectivity index is 3.20. The zero-order valence-corrected chi connectivity index (χ0v) is 14.7. The molecule has 0 N–H and O–H groups in total. The molecule has 1 heterocycles. The molecule has 1 aliphatic heterocycles. The van der Waals surface area contributed by atoms with E-state index in [2.05, 4.69) is 6.58 Å². The summed E-state index contributed by atoms with van der Waals surface area (Å²) in [4.78, 5) is 36.6. The van der Waals surface area contributed by atoms with Gasteiger partial charge in [0, 0.05) is 5.57 Å². The van der Waals surface area contributed by atoms with Gasteiger partial charge in [-0.1, -0.05) is 20.4 Å². The van der Waals surface area contributed by atoms with E-state index in [-0.39, 0.29) is 5.57 Å². The zero-order valence-electron chi connectivity index (χ0n) is 14.7. The van der Waals surface area contributed by atoms with E-state index in [9.17, 15) is 14.4 Å². The van der Waals surface area contributed by atoms with Crippen LogP contribution in [0.5, 0.6) is 0 Å². The molecule has 0 aliphatic carbocycles. The Morgan fingerprint density at radius 1 is 1.26 bits per heavy atom. The summed E-state index contributed by atoms with van der Waals surface area (Å²) in [6, 6.07) is 0. The maximum atomic E-state index is 12.6. The van der Waals surface area contributed by atoms with Crippen LogP contribution in [0, 0.1) is 5.92 Å². The van der Waals surface area contributed by atoms with Gasteiger partial charge < -0.3 is 14.2 Å². The molecule has 0 saturated carbocycles. The minimum atomic E-state index is -1.31. The fraction of sp³-hybridized carbons (Fsp3) is 0.706. The van der Waals surface area contributed by atoms with E-state index in [1.54, 1.807) is 20.8 Å². The summed E-state index contributed by atoms with van der Waals surface area (Å²) in [5.74, 6) is -3.05. The van der Waals surface area contributed by atoms with Gasteiger partial charge in [-0.25, -0.2) is 9.59 Å². The third-order valence-electron chi connectivity index (χ3n) is 3.85. The SMILES string of the molecule is C=C(C)C(=O)OC1C(=O)OC(CC)(CC)C1C(=O)OC(C)(C)C. The number of hydrogen-bond donors (Lipinski definition) is 0. The van der Waals surface area contributed by atoms with E-state index in [4.69, 9.17) is 14.2 Å². The lowest BCUT2D eigenvalue weighted by atomic mass is 9.81. The highest BCUT2D eigenvalue weighted by atomic mass is 16.6. The van der Waals surface area contributed by atoms with Gasteiger partial charge in [-0.2, -0.15) is 0 Å². The third-order valence-corrected chi connectivity index (χ3v) is 3.85. The highest BCUT2D eigenvalue weighted by Crippen LogP contribution is 2.41. The number of esters is 3. The summed E-state index contributed by atoms with van der Waals surface area (Å²) < 4.78 is 16.0. The standard InChI is InChI=1S/C17H26O6/c1-8-17(9-2)11(14(19)22-16(5,6)7)12(15(20)23-17)21-13(18)10(3)4/h11-12H,3,8-9H2,1-2,4-7H3. The average molecular weight is 326 g/mol. The van der Waals surface area contributed by atoms with Crippen molar-refractivity contribution in [3.63, 3.8) is 0 Å². The Hall–Kier alpha value is -1.85. The Morgan fingerprint density at radius 3 is 2.17 bits per heavy atom. The van der Waals surface area contributed by atoms with Crippen LogP contribution in [0.2, 0.25) is 0 Å². The van der Waals surface area contributed by atoms with Crippen LogP contribution in [0.1, 0.15) is 54.4 Å². The number of carbonyl (C=O) groups excluding carboxylic acids is 3. The Labute approximate surface area is 137 Å². The van der Waals surface area contributed by atoms with Crippen LogP contribution < -0.4 is 0 Å². The van der Waals surface area contributed by atoms with Crippen LogP contribution in [0.3, 0.4) is 0 Å². The molecule has 1 fully saturated rings. The Bertz CT molecular complexity index is 510. The summed E-state index contributed by atoms with van der Waals surface area (Å²) >= 11 is 0. The maximum absolute atomic E-state index is 12.6. The van der Waals surface area contributed by atoms with E-state index in [0.29, 0.717) is 12.8 Å². The molecule has 0 aromatic heterocycles. The van der Waals surface area contributed by atoms with Crippen molar-refractivity contribution in [3.8, 4) is 0 Å². The van der Waals surface area contributed by atoms with Crippen LogP contribution in [-0.4, -0.2) is 35.2 Å². The topological polar surface area (TPSA) is 78.9 Å². The fourth-order valence-corrected chi connectivity index (χ4v) is 2.60. The monoisotopic (exact) mass is 326 g/mol. The van der Waals surface area contributed by atoms with Gasteiger partial charge in [-0.3, -0.25) is 4.79 Å². The van der Waals surface area contributed by atoms with E-state index < -0.39 is 41.1 Å². The molecule has 2 atom stereocenters. The van der Waals surface area contributed by atoms with Crippen molar-refractivity contribution in [1.29, 1.82) is 0 Å². The summed E-state index contributed by atoms with van der Waals surface area (Å²) in [6.45, 7) is 13.8. The van der Waals surface area contributed by atoms with Crippen LogP contribution in [0.4, 0.5) is 0 Å². The largest absolute Gasteiger partial charge is 0.460 e. The van der Waals surface area contributed by atoms with Crippen molar-refractivity contribution in [1.82, 2.24) is 0 Å². The molecule has 6 nitrogen and oxygen atoms in total. The van der Waals surface area contributed by atoms with Crippen molar-refractivity contribution in [2.75, 3.05) is 0 Å².